The van der Waals surface area contributed by atoms with Crippen LogP contribution in [0.15, 0.2) is 40.7 Å². The third-order valence-corrected chi connectivity index (χ3v) is 4.84. The number of fused-ring (bicyclic) bond motifs is 1. The van der Waals surface area contributed by atoms with E-state index in [1.165, 1.54) is 0 Å². The molecule has 0 aliphatic carbocycles. The van der Waals surface area contributed by atoms with E-state index >= 15 is 0 Å². The number of nitrogens with two attached hydrogens (primary N) is 1. The van der Waals surface area contributed by atoms with Crippen molar-refractivity contribution in [3.63, 3.8) is 0 Å². The highest BCUT2D eigenvalue weighted by Crippen LogP contribution is 2.37. The zero-order valence-electron chi connectivity index (χ0n) is 14.2. The van der Waals surface area contributed by atoms with Gasteiger partial charge in [0.15, 0.2) is 12.4 Å². The van der Waals surface area contributed by atoms with E-state index in [0.717, 1.165) is 10.6 Å². The number of nitrogens with one attached hydrogen (secondary N) is 1. The molecule has 11 heteroatoms. The van der Waals surface area contributed by atoms with E-state index in [-0.39, 0.29) is 13.2 Å². The number of carbonyl (C=O) groups excluding carboxylic acids is 1. The Hall–Kier alpha value is -2.18. The number of hydrazine groups is 1. The van der Waals surface area contributed by atoms with Gasteiger partial charge in [-0.2, -0.15) is 5.11 Å². The summed E-state index contributed by atoms with van der Waals surface area (Å²) in [5.41, 5.74) is 2.72. The maximum Gasteiger partial charge on any atom is 0.265 e. The number of amides is 1. The quantitative estimate of drug-likeness (QED) is 0.280. The summed E-state index contributed by atoms with van der Waals surface area (Å²) in [5.74, 6) is 4.44. The summed E-state index contributed by atoms with van der Waals surface area (Å²) in [6.07, 6.45) is -6.51. The van der Waals surface area contributed by atoms with Crippen molar-refractivity contribution < 1.29 is 28.5 Å². The number of ether oxygens (including phenoxy) is 3. The lowest BCUT2D eigenvalue weighted by molar-refractivity contribution is -0.318. The molecule has 4 rings (SSSR count). The van der Waals surface area contributed by atoms with Gasteiger partial charge in [-0.25, -0.2) is 15.2 Å². The second-order valence-electron chi connectivity index (χ2n) is 6.49. The number of aliphatic hydroxyl groups excluding tert-OH is 1. The minimum absolute atomic E-state index is 0.0870. The molecule has 3 aliphatic rings. The zero-order chi connectivity index (χ0) is 19.0. The van der Waals surface area contributed by atoms with Crippen molar-refractivity contribution in [1.29, 1.82) is 0 Å². The number of carbonyl (C=O) groups is 1. The van der Waals surface area contributed by atoms with Gasteiger partial charge in [0, 0.05) is 5.56 Å². The summed E-state index contributed by atoms with van der Waals surface area (Å²) in [7, 11) is 0. The molecule has 7 atom stereocenters. The summed E-state index contributed by atoms with van der Waals surface area (Å²) in [5, 5.41) is 19.2. The Morgan fingerprint density at radius 3 is 2.78 bits per heavy atom. The monoisotopic (exact) mass is 381 g/mol. The molecule has 1 aromatic carbocycles. The van der Waals surface area contributed by atoms with Crippen LogP contribution in [0.1, 0.15) is 11.9 Å². The highest BCUT2D eigenvalue weighted by molar-refractivity contribution is 5.81. The van der Waals surface area contributed by atoms with Gasteiger partial charge in [0.2, 0.25) is 6.30 Å². The molecule has 0 bridgehead atoms. The Balaban J connectivity index is 1.63. The Bertz CT molecular complexity index is 710. The number of nitrogens with zero attached hydrogens (tertiary/aromatic N) is 3. The van der Waals surface area contributed by atoms with Crippen LogP contribution in [0, 0.1) is 0 Å². The third-order valence-electron chi connectivity index (χ3n) is 4.84. The van der Waals surface area contributed by atoms with Crippen molar-refractivity contribution >= 4 is 5.91 Å². The Morgan fingerprint density at radius 1 is 1.33 bits per heavy atom. The van der Waals surface area contributed by atoms with Crippen LogP contribution in [-0.2, 0) is 19.0 Å². The standard InChI is InChI=1S/C16H20FN5O5/c17-10-6-19-21-22(10)11-12(23)14(15(24)20-18)26-9-7-25-16(27-13(9)11)8-4-2-1-3-5-8/h1-5,9-14,16,23H,6-7,18H2,(H,20,24)/t9-,10?,11-,12-,13+,14-,16+/m1/s1. The van der Waals surface area contributed by atoms with Crippen molar-refractivity contribution in [1.82, 2.24) is 10.4 Å². The molecule has 1 unspecified atom stereocenters. The van der Waals surface area contributed by atoms with Crippen LogP contribution in [0.5, 0.6) is 0 Å². The van der Waals surface area contributed by atoms with Crippen LogP contribution in [0.4, 0.5) is 4.39 Å². The SMILES string of the molecule is NNC(=O)[C@@H]1O[C@@H]2CO[C@H](c3ccccc3)O[C@@H]2[C@H](N2N=NCC2F)[C@H]1O. The van der Waals surface area contributed by atoms with E-state index in [1.807, 2.05) is 35.8 Å². The predicted octanol–water partition coefficient (Wildman–Crippen LogP) is -0.434. The Morgan fingerprint density at radius 2 is 2.11 bits per heavy atom. The largest absolute Gasteiger partial charge is 0.388 e. The number of benzene rings is 1. The molecular weight excluding hydrogens is 361 g/mol. The molecule has 2 saturated heterocycles. The van der Waals surface area contributed by atoms with Gasteiger partial charge in [-0.15, -0.1) is 0 Å². The van der Waals surface area contributed by atoms with Crippen LogP contribution in [-0.4, -0.2) is 65.9 Å². The van der Waals surface area contributed by atoms with Crippen molar-refractivity contribution in [2.24, 2.45) is 16.2 Å². The number of hydrogen-bond donors (Lipinski definition) is 3. The van der Waals surface area contributed by atoms with Gasteiger partial charge in [0.05, 0.1) is 6.61 Å². The maximum absolute atomic E-state index is 14.3. The number of aliphatic hydroxyl groups is 1. The lowest BCUT2D eigenvalue weighted by Gasteiger charge is -2.49. The minimum atomic E-state index is -1.54. The van der Waals surface area contributed by atoms with Gasteiger partial charge < -0.3 is 19.3 Å². The van der Waals surface area contributed by atoms with E-state index in [1.54, 1.807) is 0 Å². The first-order valence-electron chi connectivity index (χ1n) is 8.56. The normalized spacial score (nSPS) is 38.5. The summed E-state index contributed by atoms with van der Waals surface area (Å²) in [6, 6.07) is 8.20. The molecule has 27 heavy (non-hydrogen) atoms. The van der Waals surface area contributed by atoms with Crippen molar-refractivity contribution in [3.8, 4) is 0 Å². The topological polar surface area (TPSA) is 131 Å². The predicted molar refractivity (Wildman–Crippen MR) is 87.3 cm³/mol. The summed E-state index contributed by atoms with van der Waals surface area (Å²) >= 11 is 0. The van der Waals surface area contributed by atoms with E-state index in [9.17, 15) is 14.3 Å². The van der Waals surface area contributed by atoms with E-state index in [4.69, 9.17) is 20.1 Å². The second kappa shape index (κ2) is 7.44. The molecule has 1 aromatic rings. The summed E-state index contributed by atoms with van der Waals surface area (Å²) < 4.78 is 31.7. The lowest BCUT2D eigenvalue weighted by atomic mass is 9.90. The fraction of sp³-hybridized carbons (Fsp3) is 0.562. The van der Waals surface area contributed by atoms with Crippen LogP contribution in [0.25, 0.3) is 0 Å². The molecule has 3 heterocycles. The fourth-order valence-electron chi connectivity index (χ4n) is 3.56. The number of alkyl halides is 1. The maximum atomic E-state index is 14.3. The molecule has 3 aliphatic heterocycles. The first kappa shape index (κ1) is 18.2. The van der Waals surface area contributed by atoms with Crippen molar-refractivity contribution in [3.05, 3.63) is 35.9 Å². The molecule has 0 saturated carbocycles. The third kappa shape index (κ3) is 3.28. The van der Waals surface area contributed by atoms with Gasteiger partial charge in [-0.1, -0.05) is 35.6 Å². The molecule has 0 radical (unpaired) electrons. The van der Waals surface area contributed by atoms with E-state index < -0.39 is 49.0 Å². The van der Waals surface area contributed by atoms with E-state index in [2.05, 4.69) is 10.3 Å². The molecule has 2 fully saturated rings. The van der Waals surface area contributed by atoms with Crippen LogP contribution in [0.2, 0.25) is 0 Å². The molecule has 0 spiro atoms. The van der Waals surface area contributed by atoms with Gasteiger partial charge in [0.1, 0.15) is 30.9 Å². The molecule has 146 valence electrons. The van der Waals surface area contributed by atoms with Gasteiger partial charge in [-0.3, -0.25) is 10.2 Å². The number of rotatable bonds is 3. The van der Waals surface area contributed by atoms with Crippen molar-refractivity contribution in [2.45, 2.75) is 43.0 Å². The van der Waals surface area contributed by atoms with Gasteiger partial charge in [0.25, 0.3) is 5.91 Å². The molecule has 4 N–H and O–H groups in total. The highest BCUT2D eigenvalue weighted by Gasteiger charge is 2.55. The van der Waals surface area contributed by atoms with E-state index in [0.29, 0.717) is 0 Å². The average molecular weight is 381 g/mol. The summed E-state index contributed by atoms with van der Waals surface area (Å²) in [4.78, 5) is 12.0. The molecular formula is C16H20FN5O5. The lowest BCUT2D eigenvalue weighted by Crippen LogP contribution is -2.69. The Labute approximate surface area is 154 Å². The first-order chi connectivity index (χ1) is 13.1. The van der Waals surface area contributed by atoms with Crippen LogP contribution in [0.3, 0.4) is 0 Å². The second-order valence-corrected chi connectivity index (χ2v) is 6.49. The van der Waals surface area contributed by atoms with Gasteiger partial charge in [-0.05, 0) is 0 Å². The minimum Gasteiger partial charge on any atom is -0.388 e. The number of halogens is 1. The molecule has 10 nitrogen and oxygen atoms in total. The van der Waals surface area contributed by atoms with Crippen LogP contribution >= 0.6 is 0 Å². The van der Waals surface area contributed by atoms with Gasteiger partial charge >= 0.3 is 0 Å². The van der Waals surface area contributed by atoms with Crippen LogP contribution < -0.4 is 11.3 Å². The Kier molecular flexibility index (Phi) is 5.02. The zero-order valence-corrected chi connectivity index (χ0v) is 14.2. The highest BCUT2D eigenvalue weighted by atomic mass is 19.1. The molecule has 1 amide bonds. The van der Waals surface area contributed by atoms with Crippen molar-refractivity contribution in [2.75, 3.05) is 13.2 Å². The number of hydrogen-bond acceptors (Lipinski definition) is 9. The smallest absolute Gasteiger partial charge is 0.265 e. The first-order valence-corrected chi connectivity index (χ1v) is 8.56. The fourth-order valence-corrected chi connectivity index (χ4v) is 3.56. The molecule has 0 aromatic heterocycles. The average Bonchev–Trinajstić information content (AvgIpc) is 3.12. The summed E-state index contributed by atoms with van der Waals surface area (Å²) in [6.45, 7) is -0.0719.